The summed E-state index contributed by atoms with van der Waals surface area (Å²) in [7, 11) is 0. The van der Waals surface area contributed by atoms with Gasteiger partial charge in [-0.3, -0.25) is 4.98 Å². The first-order valence-electron chi connectivity index (χ1n) is 4.46. The van der Waals surface area contributed by atoms with E-state index in [2.05, 4.69) is 25.9 Å². The fourth-order valence-electron chi connectivity index (χ4n) is 1.14. The maximum Gasteiger partial charge on any atom is 0.238 e. The van der Waals surface area contributed by atoms with E-state index in [9.17, 15) is 0 Å². The van der Waals surface area contributed by atoms with Crippen LogP contribution in [0, 0.1) is 6.92 Å². The third-order valence-corrected chi connectivity index (χ3v) is 2.24. The van der Waals surface area contributed by atoms with E-state index in [0.717, 1.165) is 15.9 Å². The van der Waals surface area contributed by atoms with E-state index in [1.54, 1.807) is 12.4 Å². The Bertz CT molecular complexity index is 430. The number of ether oxygens (including phenoxy) is 1. The van der Waals surface area contributed by atoms with Crippen molar-refractivity contribution < 1.29 is 4.74 Å². The SMILES string of the molecule is Cc1cncc(Oc2cccc(Br)c2)n1. The van der Waals surface area contributed by atoms with Gasteiger partial charge in [-0.05, 0) is 25.1 Å². The van der Waals surface area contributed by atoms with Crippen LogP contribution < -0.4 is 4.74 Å². The number of aromatic nitrogens is 2. The summed E-state index contributed by atoms with van der Waals surface area (Å²) in [5.41, 5.74) is 0.836. The summed E-state index contributed by atoms with van der Waals surface area (Å²) >= 11 is 3.37. The minimum atomic E-state index is 0.508. The second-order valence-electron chi connectivity index (χ2n) is 3.06. The van der Waals surface area contributed by atoms with Gasteiger partial charge in [0.1, 0.15) is 5.75 Å². The summed E-state index contributed by atoms with van der Waals surface area (Å²) < 4.78 is 6.51. The van der Waals surface area contributed by atoms with E-state index in [1.165, 1.54) is 0 Å². The zero-order chi connectivity index (χ0) is 10.7. The second-order valence-corrected chi connectivity index (χ2v) is 3.97. The van der Waals surface area contributed by atoms with Crippen LogP contribution in [0.15, 0.2) is 41.1 Å². The fraction of sp³-hybridized carbons (Fsp3) is 0.0909. The molecule has 0 spiro atoms. The molecule has 0 radical (unpaired) electrons. The maximum atomic E-state index is 5.54. The lowest BCUT2D eigenvalue weighted by Gasteiger charge is -2.04. The highest BCUT2D eigenvalue weighted by Gasteiger charge is 1.99. The molecule has 0 N–H and O–H groups in total. The summed E-state index contributed by atoms with van der Waals surface area (Å²) in [6.07, 6.45) is 3.28. The Kier molecular flexibility index (Phi) is 2.97. The molecule has 0 aliphatic rings. The van der Waals surface area contributed by atoms with Crippen LogP contribution in [-0.4, -0.2) is 9.97 Å². The first-order chi connectivity index (χ1) is 7.24. The van der Waals surface area contributed by atoms with Crippen LogP contribution in [0.25, 0.3) is 0 Å². The lowest BCUT2D eigenvalue weighted by molar-refractivity contribution is 0.458. The Labute approximate surface area is 96.3 Å². The molecule has 1 aromatic carbocycles. The first-order valence-corrected chi connectivity index (χ1v) is 5.25. The third kappa shape index (κ3) is 2.76. The Morgan fingerprint density at radius 1 is 1.27 bits per heavy atom. The van der Waals surface area contributed by atoms with Gasteiger partial charge in [0.25, 0.3) is 0 Å². The van der Waals surface area contributed by atoms with E-state index >= 15 is 0 Å². The van der Waals surface area contributed by atoms with Crippen molar-refractivity contribution in [3.05, 3.63) is 46.8 Å². The summed E-state index contributed by atoms with van der Waals surface area (Å²) in [5.74, 6) is 1.25. The maximum absolute atomic E-state index is 5.54. The van der Waals surface area contributed by atoms with Gasteiger partial charge in [-0.1, -0.05) is 22.0 Å². The Morgan fingerprint density at radius 2 is 2.13 bits per heavy atom. The molecular weight excluding hydrogens is 256 g/mol. The van der Waals surface area contributed by atoms with E-state index in [4.69, 9.17) is 4.74 Å². The average Bonchev–Trinajstić information content (AvgIpc) is 2.17. The quantitative estimate of drug-likeness (QED) is 0.835. The standard InChI is InChI=1S/C11H9BrN2O/c1-8-6-13-7-11(14-8)15-10-4-2-3-9(12)5-10/h2-7H,1H3. The molecular formula is C11H9BrN2O. The fourth-order valence-corrected chi connectivity index (χ4v) is 1.52. The van der Waals surface area contributed by atoms with Gasteiger partial charge in [0.05, 0.1) is 11.9 Å². The van der Waals surface area contributed by atoms with Crippen molar-refractivity contribution in [2.45, 2.75) is 6.92 Å². The summed E-state index contributed by atoms with van der Waals surface area (Å²) in [5, 5.41) is 0. The average molecular weight is 265 g/mol. The number of aryl methyl sites for hydroxylation is 1. The zero-order valence-corrected chi connectivity index (χ0v) is 9.73. The summed E-state index contributed by atoms with van der Waals surface area (Å²) in [4.78, 5) is 8.20. The predicted octanol–water partition coefficient (Wildman–Crippen LogP) is 3.34. The predicted molar refractivity (Wildman–Crippen MR) is 61.0 cm³/mol. The summed E-state index contributed by atoms with van der Waals surface area (Å²) in [6.45, 7) is 1.88. The van der Waals surface area contributed by atoms with Crippen molar-refractivity contribution in [2.75, 3.05) is 0 Å². The van der Waals surface area contributed by atoms with Gasteiger partial charge in [0, 0.05) is 10.7 Å². The van der Waals surface area contributed by atoms with Gasteiger partial charge in [0.2, 0.25) is 5.88 Å². The molecule has 15 heavy (non-hydrogen) atoms. The molecule has 76 valence electrons. The smallest absolute Gasteiger partial charge is 0.238 e. The molecule has 2 aromatic rings. The monoisotopic (exact) mass is 264 g/mol. The number of benzene rings is 1. The van der Waals surface area contributed by atoms with E-state index in [-0.39, 0.29) is 0 Å². The molecule has 0 saturated carbocycles. The van der Waals surface area contributed by atoms with Crippen molar-refractivity contribution in [2.24, 2.45) is 0 Å². The van der Waals surface area contributed by atoms with Gasteiger partial charge in [0.15, 0.2) is 0 Å². The molecule has 0 atom stereocenters. The molecule has 1 aromatic heterocycles. The molecule has 0 unspecified atom stereocenters. The van der Waals surface area contributed by atoms with Crippen molar-refractivity contribution in [3.8, 4) is 11.6 Å². The molecule has 4 heteroatoms. The molecule has 1 heterocycles. The van der Waals surface area contributed by atoms with Gasteiger partial charge in [-0.25, -0.2) is 4.98 Å². The molecule has 0 fully saturated rings. The zero-order valence-electron chi connectivity index (χ0n) is 8.14. The van der Waals surface area contributed by atoms with Crippen LogP contribution >= 0.6 is 15.9 Å². The number of hydrogen-bond acceptors (Lipinski definition) is 3. The van der Waals surface area contributed by atoms with E-state index < -0.39 is 0 Å². The third-order valence-electron chi connectivity index (χ3n) is 1.75. The first kappa shape index (κ1) is 10.1. The summed E-state index contributed by atoms with van der Waals surface area (Å²) in [6, 6.07) is 7.59. The number of rotatable bonds is 2. The van der Waals surface area contributed by atoms with E-state index in [0.29, 0.717) is 5.88 Å². The van der Waals surface area contributed by atoms with Crippen LogP contribution in [0.3, 0.4) is 0 Å². The second kappa shape index (κ2) is 4.40. The van der Waals surface area contributed by atoms with Crippen molar-refractivity contribution in [1.82, 2.24) is 9.97 Å². The topological polar surface area (TPSA) is 35.0 Å². The van der Waals surface area contributed by atoms with Gasteiger partial charge in [-0.2, -0.15) is 0 Å². The van der Waals surface area contributed by atoms with Crippen molar-refractivity contribution in [3.63, 3.8) is 0 Å². The van der Waals surface area contributed by atoms with Gasteiger partial charge >= 0.3 is 0 Å². The van der Waals surface area contributed by atoms with Crippen molar-refractivity contribution >= 4 is 15.9 Å². The highest BCUT2D eigenvalue weighted by Crippen LogP contribution is 2.22. The lowest BCUT2D eigenvalue weighted by Crippen LogP contribution is -1.90. The van der Waals surface area contributed by atoms with Crippen molar-refractivity contribution in [1.29, 1.82) is 0 Å². The normalized spacial score (nSPS) is 10.0. The molecule has 0 saturated heterocycles. The van der Waals surface area contributed by atoms with Crippen LogP contribution in [0.1, 0.15) is 5.69 Å². The number of nitrogens with zero attached hydrogens (tertiary/aromatic N) is 2. The molecule has 0 aliphatic carbocycles. The Balaban J connectivity index is 2.22. The van der Waals surface area contributed by atoms with Crippen LogP contribution in [0.5, 0.6) is 11.6 Å². The molecule has 0 amide bonds. The highest BCUT2D eigenvalue weighted by molar-refractivity contribution is 9.10. The molecule has 0 aliphatic heterocycles. The van der Waals surface area contributed by atoms with Crippen LogP contribution in [-0.2, 0) is 0 Å². The van der Waals surface area contributed by atoms with Gasteiger partial charge in [-0.15, -0.1) is 0 Å². The minimum absolute atomic E-state index is 0.508. The highest BCUT2D eigenvalue weighted by atomic mass is 79.9. The molecule has 0 bridgehead atoms. The van der Waals surface area contributed by atoms with Crippen LogP contribution in [0.2, 0.25) is 0 Å². The molecule has 3 nitrogen and oxygen atoms in total. The Hall–Kier alpha value is -1.42. The number of halogens is 1. The van der Waals surface area contributed by atoms with Gasteiger partial charge < -0.3 is 4.74 Å². The largest absolute Gasteiger partial charge is 0.437 e. The molecule has 2 rings (SSSR count). The minimum Gasteiger partial charge on any atom is -0.437 e. The van der Waals surface area contributed by atoms with E-state index in [1.807, 2.05) is 31.2 Å². The number of hydrogen-bond donors (Lipinski definition) is 0. The Morgan fingerprint density at radius 3 is 2.87 bits per heavy atom. The van der Waals surface area contributed by atoms with Crippen LogP contribution in [0.4, 0.5) is 0 Å². The lowest BCUT2D eigenvalue weighted by atomic mass is 10.3.